The van der Waals surface area contributed by atoms with Gasteiger partial charge in [0.2, 0.25) is 5.91 Å². The Morgan fingerprint density at radius 3 is 2.71 bits per heavy atom. The highest BCUT2D eigenvalue weighted by atomic mass is 32.1. The van der Waals surface area contributed by atoms with Gasteiger partial charge in [-0.2, -0.15) is 5.26 Å². The van der Waals surface area contributed by atoms with E-state index in [4.69, 9.17) is 0 Å². The predicted molar refractivity (Wildman–Crippen MR) is 98.4 cm³/mol. The molecule has 0 unspecified atom stereocenters. The van der Waals surface area contributed by atoms with Crippen molar-refractivity contribution in [3.05, 3.63) is 16.0 Å². The van der Waals surface area contributed by atoms with E-state index in [1.54, 1.807) is 11.3 Å². The van der Waals surface area contributed by atoms with Crippen LogP contribution < -0.4 is 5.32 Å². The fourth-order valence-electron chi connectivity index (χ4n) is 3.80. The molecule has 130 valence electrons. The zero-order valence-corrected chi connectivity index (χ0v) is 15.4. The van der Waals surface area contributed by atoms with Gasteiger partial charge in [-0.25, -0.2) is 0 Å². The number of likely N-dealkylation sites (tertiary alicyclic amines) is 1. The van der Waals surface area contributed by atoms with Crippen LogP contribution in [0.25, 0.3) is 0 Å². The van der Waals surface area contributed by atoms with Crippen molar-refractivity contribution < 1.29 is 4.79 Å². The lowest BCUT2D eigenvalue weighted by atomic mass is 9.89. The molecular formula is C19H27N3OS. The van der Waals surface area contributed by atoms with Crippen LogP contribution in [0.15, 0.2) is 0 Å². The third-order valence-corrected chi connectivity index (χ3v) is 6.36. The lowest BCUT2D eigenvalue weighted by Crippen LogP contribution is -2.35. The van der Waals surface area contributed by atoms with Crippen LogP contribution in [0, 0.1) is 17.2 Å². The van der Waals surface area contributed by atoms with Crippen molar-refractivity contribution >= 4 is 22.2 Å². The topological polar surface area (TPSA) is 56.1 Å². The SMILES string of the molecule is C[C@H]1CCc2c(sc(NC(=O)CN3CCCCCCC3)c2C#N)C1. The van der Waals surface area contributed by atoms with E-state index in [1.165, 1.54) is 42.5 Å². The number of amides is 1. The summed E-state index contributed by atoms with van der Waals surface area (Å²) < 4.78 is 0. The molecule has 1 aliphatic carbocycles. The van der Waals surface area contributed by atoms with Crippen LogP contribution in [0.4, 0.5) is 5.00 Å². The molecule has 2 heterocycles. The number of carbonyl (C=O) groups is 1. The number of thiophene rings is 1. The minimum atomic E-state index is 0.0266. The first-order valence-electron chi connectivity index (χ1n) is 9.24. The molecule has 0 bridgehead atoms. The smallest absolute Gasteiger partial charge is 0.239 e. The third-order valence-electron chi connectivity index (χ3n) is 5.19. The molecule has 24 heavy (non-hydrogen) atoms. The molecule has 1 fully saturated rings. The van der Waals surface area contributed by atoms with Crippen molar-refractivity contribution in [1.82, 2.24) is 4.90 Å². The molecule has 3 rings (SSSR count). The summed E-state index contributed by atoms with van der Waals surface area (Å²) in [6.45, 7) is 4.73. The van der Waals surface area contributed by atoms with Crippen LogP contribution >= 0.6 is 11.3 Å². The Kier molecular flexibility index (Phi) is 5.91. The first-order chi connectivity index (χ1) is 11.7. The van der Waals surface area contributed by atoms with E-state index in [1.807, 2.05) is 0 Å². The van der Waals surface area contributed by atoms with Crippen LogP contribution in [-0.2, 0) is 17.6 Å². The molecule has 2 aliphatic rings. The minimum absolute atomic E-state index is 0.0266. The summed E-state index contributed by atoms with van der Waals surface area (Å²) in [5.74, 6) is 0.700. The van der Waals surface area contributed by atoms with Crippen LogP contribution in [0.2, 0.25) is 0 Å². The lowest BCUT2D eigenvalue weighted by Gasteiger charge is -2.23. The number of fused-ring (bicyclic) bond motifs is 1. The Labute approximate surface area is 148 Å². The van der Waals surface area contributed by atoms with Crippen LogP contribution in [0.1, 0.15) is 61.5 Å². The molecule has 1 saturated heterocycles. The van der Waals surface area contributed by atoms with Crippen LogP contribution in [0.3, 0.4) is 0 Å². The van der Waals surface area contributed by atoms with Crippen molar-refractivity contribution in [1.29, 1.82) is 5.26 Å². The lowest BCUT2D eigenvalue weighted by molar-refractivity contribution is -0.117. The molecule has 1 amide bonds. The number of nitriles is 1. The molecule has 0 spiro atoms. The largest absolute Gasteiger partial charge is 0.315 e. The third kappa shape index (κ3) is 4.17. The number of hydrogen-bond acceptors (Lipinski definition) is 4. The van der Waals surface area contributed by atoms with Gasteiger partial charge in [-0.1, -0.05) is 26.2 Å². The molecule has 1 aromatic rings. The van der Waals surface area contributed by atoms with Gasteiger partial charge in [0.05, 0.1) is 12.1 Å². The molecule has 5 heteroatoms. The highest BCUT2D eigenvalue weighted by Gasteiger charge is 2.25. The van der Waals surface area contributed by atoms with Gasteiger partial charge in [0.1, 0.15) is 11.1 Å². The van der Waals surface area contributed by atoms with Crippen LogP contribution in [0.5, 0.6) is 0 Å². The molecule has 1 aromatic heterocycles. The van der Waals surface area contributed by atoms with E-state index in [9.17, 15) is 10.1 Å². The zero-order chi connectivity index (χ0) is 16.9. The summed E-state index contributed by atoms with van der Waals surface area (Å²) in [7, 11) is 0. The summed E-state index contributed by atoms with van der Waals surface area (Å²) >= 11 is 1.62. The van der Waals surface area contributed by atoms with Crippen molar-refractivity contribution in [3.63, 3.8) is 0 Å². The van der Waals surface area contributed by atoms with Gasteiger partial charge in [0.25, 0.3) is 0 Å². The Bertz CT molecular complexity index is 623. The monoisotopic (exact) mass is 345 g/mol. The van der Waals surface area contributed by atoms with Crippen molar-refractivity contribution in [2.75, 3.05) is 25.0 Å². The van der Waals surface area contributed by atoms with E-state index in [0.29, 0.717) is 18.0 Å². The van der Waals surface area contributed by atoms with Gasteiger partial charge in [-0.05, 0) is 56.7 Å². The van der Waals surface area contributed by atoms with Crippen molar-refractivity contribution in [3.8, 4) is 6.07 Å². The van der Waals surface area contributed by atoms with Gasteiger partial charge in [0, 0.05) is 4.88 Å². The van der Waals surface area contributed by atoms with E-state index in [-0.39, 0.29) is 5.91 Å². The van der Waals surface area contributed by atoms with E-state index >= 15 is 0 Å². The maximum absolute atomic E-state index is 12.5. The van der Waals surface area contributed by atoms with Gasteiger partial charge < -0.3 is 5.32 Å². The van der Waals surface area contributed by atoms with Gasteiger partial charge in [0.15, 0.2) is 0 Å². The summed E-state index contributed by atoms with van der Waals surface area (Å²) in [5, 5.41) is 13.3. The average molecular weight is 346 g/mol. The maximum atomic E-state index is 12.5. The van der Waals surface area contributed by atoms with E-state index in [2.05, 4.69) is 23.2 Å². The number of hydrogen-bond donors (Lipinski definition) is 1. The summed E-state index contributed by atoms with van der Waals surface area (Å²) in [6, 6.07) is 2.33. The van der Waals surface area contributed by atoms with E-state index < -0.39 is 0 Å². The number of nitrogens with one attached hydrogen (secondary N) is 1. The number of rotatable bonds is 3. The first-order valence-corrected chi connectivity index (χ1v) is 10.1. The first kappa shape index (κ1) is 17.4. The van der Waals surface area contributed by atoms with Crippen molar-refractivity contribution in [2.24, 2.45) is 5.92 Å². The maximum Gasteiger partial charge on any atom is 0.239 e. The second-order valence-electron chi connectivity index (χ2n) is 7.26. The average Bonchev–Trinajstić information content (AvgIpc) is 2.85. The summed E-state index contributed by atoms with van der Waals surface area (Å²) in [5.41, 5.74) is 1.89. The molecule has 1 N–H and O–H groups in total. The van der Waals surface area contributed by atoms with Gasteiger partial charge in [-0.15, -0.1) is 11.3 Å². The number of nitrogens with zero attached hydrogens (tertiary/aromatic N) is 2. The second-order valence-corrected chi connectivity index (χ2v) is 8.36. The Hall–Kier alpha value is -1.38. The normalized spacial score (nSPS) is 22.1. The molecule has 0 saturated carbocycles. The molecule has 0 radical (unpaired) electrons. The summed E-state index contributed by atoms with van der Waals surface area (Å²) in [6.07, 6.45) is 9.38. The minimum Gasteiger partial charge on any atom is -0.315 e. The van der Waals surface area contributed by atoms with Gasteiger partial charge >= 0.3 is 0 Å². The van der Waals surface area contributed by atoms with E-state index in [0.717, 1.165) is 37.4 Å². The van der Waals surface area contributed by atoms with Crippen molar-refractivity contribution in [2.45, 2.75) is 58.3 Å². The number of carbonyl (C=O) groups excluding carboxylic acids is 1. The van der Waals surface area contributed by atoms with Gasteiger partial charge in [-0.3, -0.25) is 9.69 Å². The highest BCUT2D eigenvalue weighted by molar-refractivity contribution is 7.16. The fourth-order valence-corrected chi connectivity index (χ4v) is 5.17. The second kappa shape index (κ2) is 8.13. The molecule has 0 aromatic carbocycles. The molecule has 4 nitrogen and oxygen atoms in total. The standard InChI is InChI=1S/C19H27N3OS/c1-14-7-8-15-16(12-20)19(24-17(15)11-14)21-18(23)13-22-9-5-3-2-4-6-10-22/h14H,2-11,13H2,1H3,(H,21,23)/t14-/m0/s1. The quantitative estimate of drug-likeness (QED) is 0.902. The number of anilines is 1. The zero-order valence-electron chi connectivity index (χ0n) is 14.6. The Morgan fingerprint density at radius 1 is 1.29 bits per heavy atom. The fraction of sp³-hybridized carbons (Fsp3) is 0.684. The molecule has 1 aliphatic heterocycles. The van der Waals surface area contributed by atoms with Crippen LogP contribution in [-0.4, -0.2) is 30.4 Å². The highest BCUT2D eigenvalue weighted by Crippen LogP contribution is 2.39. The molecule has 1 atom stereocenters. The predicted octanol–water partition coefficient (Wildman–Crippen LogP) is 3.95. The molecular weight excluding hydrogens is 318 g/mol. The summed E-state index contributed by atoms with van der Waals surface area (Å²) in [4.78, 5) is 16.0. The Morgan fingerprint density at radius 2 is 2.00 bits per heavy atom. The Balaban J connectivity index is 1.65.